The molecule has 2 aliphatic rings. The molecule has 0 aromatic carbocycles. The molecule has 4 heteroatoms. The molecule has 0 bridgehead atoms. The Morgan fingerprint density at radius 1 is 1.35 bits per heavy atom. The average molecular weight is 294 g/mol. The Balaban J connectivity index is 1.48. The van der Waals surface area contributed by atoms with E-state index in [1.807, 2.05) is 11.3 Å². The fraction of sp³-hybridized carbons (Fsp3) is 0.750. The van der Waals surface area contributed by atoms with Crippen LogP contribution in [0, 0.1) is 5.41 Å². The van der Waals surface area contributed by atoms with Gasteiger partial charge < -0.3 is 9.64 Å². The smallest absolute Gasteiger partial charge is 0.0554 e. The Kier molecular flexibility index (Phi) is 4.46. The topological polar surface area (TPSA) is 15.7 Å². The average Bonchev–Trinajstić information content (AvgIpc) is 3.00. The highest BCUT2D eigenvalue weighted by molar-refractivity contribution is 7.10. The molecule has 0 amide bonds. The fourth-order valence-electron chi connectivity index (χ4n) is 3.31. The maximum absolute atomic E-state index is 5.34. The van der Waals surface area contributed by atoms with Crippen molar-refractivity contribution in [3.8, 4) is 0 Å². The first-order valence-corrected chi connectivity index (χ1v) is 8.56. The van der Waals surface area contributed by atoms with E-state index in [1.165, 1.54) is 36.4 Å². The van der Waals surface area contributed by atoms with Crippen molar-refractivity contribution in [2.24, 2.45) is 5.41 Å². The van der Waals surface area contributed by atoms with Crippen LogP contribution >= 0.6 is 11.3 Å². The number of nitrogens with zero attached hydrogens (tertiary/aromatic N) is 2. The Bertz CT molecular complexity index is 435. The summed E-state index contributed by atoms with van der Waals surface area (Å²) in [5.74, 6) is 0. The molecule has 0 aliphatic carbocycles. The predicted molar refractivity (Wildman–Crippen MR) is 84.1 cm³/mol. The molecule has 2 fully saturated rings. The largest absolute Gasteiger partial charge is 0.380 e. The third-order valence-corrected chi connectivity index (χ3v) is 5.26. The number of rotatable bonds is 6. The zero-order chi connectivity index (χ0) is 14.0. The van der Waals surface area contributed by atoms with Gasteiger partial charge in [-0.3, -0.25) is 4.90 Å². The van der Waals surface area contributed by atoms with Crippen molar-refractivity contribution in [2.75, 3.05) is 39.9 Å². The van der Waals surface area contributed by atoms with Crippen molar-refractivity contribution >= 4 is 11.3 Å². The maximum Gasteiger partial charge on any atom is 0.0554 e. The van der Waals surface area contributed by atoms with Crippen LogP contribution in [0.2, 0.25) is 0 Å². The van der Waals surface area contributed by atoms with Crippen LogP contribution in [0.3, 0.4) is 0 Å². The van der Waals surface area contributed by atoms with Crippen LogP contribution in [0.4, 0.5) is 0 Å². The fourth-order valence-corrected chi connectivity index (χ4v) is 4.27. The van der Waals surface area contributed by atoms with Gasteiger partial charge in [0.25, 0.3) is 0 Å². The lowest BCUT2D eigenvalue weighted by molar-refractivity contribution is -0.113. The van der Waals surface area contributed by atoms with Crippen LogP contribution in [0.1, 0.15) is 30.2 Å². The first-order valence-electron chi connectivity index (χ1n) is 7.68. The summed E-state index contributed by atoms with van der Waals surface area (Å²) in [6.45, 7) is 10.1. The van der Waals surface area contributed by atoms with Crippen LogP contribution < -0.4 is 0 Å². The van der Waals surface area contributed by atoms with E-state index in [1.54, 1.807) is 0 Å². The zero-order valence-electron chi connectivity index (χ0n) is 12.7. The van der Waals surface area contributed by atoms with Crippen LogP contribution in [0.5, 0.6) is 0 Å². The third kappa shape index (κ3) is 3.61. The normalized spacial score (nSPS) is 22.4. The maximum atomic E-state index is 5.34. The molecule has 2 saturated heterocycles. The van der Waals surface area contributed by atoms with Gasteiger partial charge in [-0.25, -0.2) is 0 Å². The van der Waals surface area contributed by atoms with Gasteiger partial charge in [-0.2, -0.15) is 0 Å². The van der Waals surface area contributed by atoms with Crippen molar-refractivity contribution in [1.82, 2.24) is 9.80 Å². The molecular formula is C16H26N2OS. The van der Waals surface area contributed by atoms with Gasteiger partial charge in [0.1, 0.15) is 0 Å². The summed E-state index contributed by atoms with van der Waals surface area (Å²) in [6.07, 6.45) is 2.75. The van der Waals surface area contributed by atoms with Crippen LogP contribution in [-0.4, -0.2) is 49.7 Å². The molecule has 3 rings (SSSR count). The summed E-state index contributed by atoms with van der Waals surface area (Å²) in [5.41, 5.74) is 1.88. The number of hydrogen-bond acceptors (Lipinski definition) is 4. The van der Waals surface area contributed by atoms with Gasteiger partial charge in [0.15, 0.2) is 0 Å². The molecule has 0 N–H and O–H groups in total. The second kappa shape index (κ2) is 6.14. The van der Waals surface area contributed by atoms with Gasteiger partial charge in [0.05, 0.1) is 13.2 Å². The van der Waals surface area contributed by atoms with Gasteiger partial charge >= 0.3 is 0 Å². The van der Waals surface area contributed by atoms with E-state index in [4.69, 9.17) is 4.74 Å². The van der Waals surface area contributed by atoms with Gasteiger partial charge in [0.2, 0.25) is 0 Å². The summed E-state index contributed by atoms with van der Waals surface area (Å²) in [4.78, 5) is 6.50. The van der Waals surface area contributed by atoms with Crippen LogP contribution in [-0.2, 0) is 17.8 Å². The molecule has 1 aromatic rings. The van der Waals surface area contributed by atoms with Gasteiger partial charge in [-0.1, -0.05) is 6.92 Å². The van der Waals surface area contributed by atoms with Gasteiger partial charge in [-0.15, -0.1) is 11.3 Å². The summed E-state index contributed by atoms with van der Waals surface area (Å²) < 4.78 is 5.34. The highest BCUT2D eigenvalue weighted by Crippen LogP contribution is 2.28. The van der Waals surface area contributed by atoms with Crippen molar-refractivity contribution in [3.05, 3.63) is 21.9 Å². The number of hydrogen-bond donors (Lipinski definition) is 0. The summed E-state index contributed by atoms with van der Waals surface area (Å²) >= 11 is 1.91. The van der Waals surface area contributed by atoms with Gasteiger partial charge in [-0.05, 0) is 50.0 Å². The first kappa shape index (κ1) is 14.5. The summed E-state index contributed by atoms with van der Waals surface area (Å²) in [5, 5.41) is 2.34. The summed E-state index contributed by atoms with van der Waals surface area (Å²) in [6, 6.07) is 2.40. The minimum Gasteiger partial charge on any atom is -0.380 e. The molecule has 112 valence electrons. The number of ether oxygens (including phenoxy) is 1. The molecule has 2 aliphatic heterocycles. The van der Waals surface area contributed by atoms with Crippen LogP contribution in [0.15, 0.2) is 11.4 Å². The lowest BCUT2D eigenvalue weighted by atomic mass is 9.88. The second-order valence-corrected chi connectivity index (χ2v) is 7.88. The quantitative estimate of drug-likeness (QED) is 0.802. The van der Waals surface area contributed by atoms with E-state index < -0.39 is 0 Å². The first-order chi connectivity index (χ1) is 9.63. The molecule has 20 heavy (non-hydrogen) atoms. The minimum absolute atomic E-state index is 0.379. The predicted octanol–water partition coefficient (Wildman–Crippen LogP) is 2.81. The minimum atomic E-state index is 0.379. The van der Waals surface area contributed by atoms with Crippen molar-refractivity contribution in [3.63, 3.8) is 0 Å². The molecular weight excluding hydrogens is 268 g/mol. The van der Waals surface area contributed by atoms with Crippen molar-refractivity contribution in [2.45, 2.75) is 32.9 Å². The third-order valence-electron chi connectivity index (χ3n) is 4.29. The lowest BCUT2D eigenvalue weighted by Gasteiger charge is -2.40. The molecule has 0 unspecified atom stereocenters. The highest BCUT2D eigenvalue weighted by Gasteiger charge is 2.34. The Labute approximate surface area is 126 Å². The molecule has 3 heterocycles. The molecule has 0 spiro atoms. The Morgan fingerprint density at radius 2 is 2.10 bits per heavy atom. The Morgan fingerprint density at radius 3 is 2.75 bits per heavy atom. The molecule has 1 aromatic heterocycles. The van der Waals surface area contributed by atoms with E-state index in [2.05, 4.69) is 35.2 Å². The SMILES string of the molecule is CN(Cc1cc(CN2CCCC2)cs1)CC1(C)COC1. The van der Waals surface area contributed by atoms with E-state index in [9.17, 15) is 0 Å². The standard InChI is InChI=1S/C16H26N2OS/c1-16(12-19-13-16)11-17(2)9-15-7-14(10-20-15)8-18-5-3-4-6-18/h7,10H,3-6,8-9,11-13H2,1-2H3. The molecule has 0 saturated carbocycles. The summed E-state index contributed by atoms with van der Waals surface area (Å²) in [7, 11) is 2.23. The second-order valence-electron chi connectivity index (χ2n) is 6.88. The van der Waals surface area contributed by atoms with Crippen molar-refractivity contribution in [1.29, 1.82) is 0 Å². The number of likely N-dealkylation sites (tertiary alicyclic amines) is 1. The molecule has 0 radical (unpaired) electrons. The van der Waals surface area contributed by atoms with Crippen LogP contribution in [0.25, 0.3) is 0 Å². The lowest BCUT2D eigenvalue weighted by Crippen LogP contribution is -2.47. The van der Waals surface area contributed by atoms with E-state index in [0.717, 1.165) is 32.8 Å². The zero-order valence-corrected chi connectivity index (χ0v) is 13.5. The number of thiophene rings is 1. The Hall–Kier alpha value is -0.420. The van der Waals surface area contributed by atoms with Gasteiger partial charge in [0, 0.05) is 29.9 Å². The van der Waals surface area contributed by atoms with Crippen molar-refractivity contribution < 1.29 is 4.74 Å². The van der Waals surface area contributed by atoms with E-state index in [0.29, 0.717) is 5.41 Å². The monoisotopic (exact) mass is 294 g/mol. The molecule has 0 atom stereocenters. The molecule has 3 nitrogen and oxygen atoms in total. The van der Waals surface area contributed by atoms with E-state index >= 15 is 0 Å². The highest BCUT2D eigenvalue weighted by atomic mass is 32.1. The van der Waals surface area contributed by atoms with E-state index in [-0.39, 0.29) is 0 Å².